The van der Waals surface area contributed by atoms with Crippen molar-refractivity contribution in [1.29, 1.82) is 0 Å². The molecule has 1 amide bonds. The number of hydrogen-bond donors (Lipinski definition) is 1. The number of β-amino-alcohol motifs (C(OH)–C–C–N with tert-alkyl or cyclic N) is 1. The molecule has 7 heteroatoms. The zero-order chi connectivity index (χ0) is 18.0. The van der Waals surface area contributed by atoms with Crippen molar-refractivity contribution in [3.05, 3.63) is 65.5 Å². The molecule has 1 saturated heterocycles. The van der Waals surface area contributed by atoms with Crippen LogP contribution in [-0.2, 0) is 17.4 Å². The number of nitrogens with zero attached hydrogens (tertiary/aromatic N) is 2. The van der Waals surface area contributed by atoms with E-state index in [2.05, 4.69) is 4.98 Å². The number of hydrogen-bond acceptors (Lipinski definition) is 3. The average Bonchev–Trinajstić information content (AvgIpc) is 2.97. The second-order valence-corrected chi connectivity index (χ2v) is 6.07. The van der Waals surface area contributed by atoms with E-state index in [-0.39, 0.29) is 30.9 Å². The van der Waals surface area contributed by atoms with Crippen molar-refractivity contribution < 1.29 is 23.1 Å². The maximum atomic E-state index is 13.3. The molecule has 0 saturated carbocycles. The van der Waals surface area contributed by atoms with Crippen LogP contribution in [0, 0.1) is 0 Å². The first-order valence-electron chi connectivity index (χ1n) is 7.89. The van der Waals surface area contributed by atoms with Gasteiger partial charge in [-0.15, -0.1) is 0 Å². The number of likely N-dealkylation sites (tertiary alicyclic amines) is 1. The van der Waals surface area contributed by atoms with Crippen LogP contribution < -0.4 is 0 Å². The number of carbonyl (C=O) groups is 1. The number of aliphatic hydroxyl groups excluding tert-OH is 1. The predicted octanol–water partition coefficient (Wildman–Crippen LogP) is 2.98. The van der Waals surface area contributed by atoms with E-state index in [1.54, 1.807) is 24.5 Å². The molecule has 2 heterocycles. The zero-order valence-corrected chi connectivity index (χ0v) is 13.3. The van der Waals surface area contributed by atoms with Crippen molar-refractivity contribution in [2.75, 3.05) is 6.54 Å². The van der Waals surface area contributed by atoms with Crippen molar-refractivity contribution >= 4 is 5.91 Å². The molecule has 0 aliphatic carbocycles. The molecule has 1 aromatic heterocycles. The lowest BCUT2D eigenvalue weighted by Crippen LogP contribution is -2.33. The van der Waals surface area contributed by atoms with E-state index < -0.39 is 23.9 Å². The first-order chi connectivity index (χ1) is 11.9. The van der Waals surface area contributed by atoms with Crippen molar-refractivity contribution in [1.82, 2.24) is 9.88 Å². The summed E-state index contributed by atoms with van der Waals surface area (Å²) in [6.45, 7) is 0.0285. The number of halogens is 3. The molecule has 1 aromatic carbocycles. The highest BCUT2D eigenvalue weighted by molar-refractivity contribution is 5.79. The second kappa shape index (κ2) is 6.84. The molecular weight excluding hydrogens is 333 g/mol. The topological polar surface area (TPSA) is 53.4 Å². The van der Waals surface area contributed by atoms with Gasteiger partial charge < -0.3 is 10.0 Å². The smallest absolute Gasteiger partial charge is 0.391 e. The number of carbonyl (C=O) groups excluding carboxylic acids is 1. The molecule has 0 spiro atoms. The molecule has 2 atom stereocenters. The van der Waals surface area contributed by atoms with E-state index in [1.807, 2.05) is 0 Å². The molecule has 0 unspecified atom stereocenters. The summed E-state index contributed by atoms with van der Waals surface area (Å²) < 4.78 is 39.9. The summed E-state index contributed by atoms with van der Waals surface area (Å²) in [5, 5.41) is 9.95. The Kier molecular flexibility index (Phi) is 4.76. The molecule has 1 fully saturated rings. The average molecular weight is 350 g/mol. The first kappa shape index (κ1) is 17.4. The highest BCUT2D eigenvalue weighted by Gasteiger charge is 2.41. The lowest BCUT2D eigenvalue weighted by molar-refractivity contribution is -0.140. The summed E-state index contributed by atoms with van der Waals surface area (Å²) in [5.74, 6) is -0.315. The third-order valence-electron chi connectivity index (χ3n) is 4.33. The third kappa shape index (κ3) is 3.82. The quantitative estimate of drug-likeness (QED) is 0.926. The minimum absolute atomic E-state index is 0.0228. The maximum absolute atomic E-state index is 13.3. The van der Waals surface area contributed by atoms with Gasteiger partial charge in [0, 0.05) is 18.9 Å². The van der Waals surface area contributed by atoms with Gasteiger partial charge in [-0.25, -0.2) is 0 Å². The van der Waals surface area contributed by atoms with Gasteiger partial charge in [0.1, 0.15) is 0 Å². The van der Waals surface area contributed by atoms with Crippen LogP contribution in [0.4, 0.5) is 13.2 Å². The van der Waals surface area contributed by atoms with Crippen molar-refractivity contribution in [3.8, 4) is 0 Å². The van der Waals surface area contributed by atoms with Crippen LogP contribution in [-0.4, -0.2) is 33.5 Å². The minimum Gasteiger partial charge on any atom is -0.391 e. The minimum atomic E-state index is -4.51. The highest BCUT2D eigenvalue weighted by Crippen LogP contribution is 2.40. The molecular formula is C18H17F3N2O2. The Bertz CT molecular complexity index is 749. The fourth-order valence-corrected chi connectivity index (χ4v) is 3.21. The van der Waals surface area contributed by atoms with Crippen LogP contribution in [0.2, 0.25) is 0 Å². The van der Waals surface area contributed by atoms with Crippen molar-refractivity contribution in [2.45, 2.75) is 31.2 Å². The summed E-state index contributed by atoms with van der Waals surface area (Å²) in [7, 11) is 0. The Hall–Kier alpha value is -2.41. The van der Waals surface area contributed by atoms with Crippen molar-refractivity contribution in [2.24, 2.45) is 0 Å². The van der Waals surface area contributed by atoms with E-state index in [0.717, 1.165) is 11.6 Å². The molecule has 1 aliphatic heterocycles. The maximum Gasteiger partial charge on any atom is 0.416 e. The number of aliphatic hydroxyl groups is 1. The Morgan fingerprint density at radius 1 is 1.20 bits per heavy atom. The van der Waals surface area contributed by atoms with E-state index in [1.165, 1.54) is 23.1 Å². The monoisotopic (exact) mass is 350 g/mol. The lowest BCUT2D eigenvalue weighted by atomic mass is 9.97. The number of pyridine rings is 1. The van der Waals surface area contributed by atoms with Gasteiger partial charge in [-0.3, -0.25) is 9.78 Å². The largest absolute Gasteiger partial charge is 0.416 e. The van der Waals surface area contributed by atoms with E-state index in [9.17, 15) is 23.1 Å². The summed E-state index contributed by atoms with van der Waals surface area (Å²) in [5.41, 5.74) is -0.0188. The normalized spacial score (nSPS) is 20.7. The summed E-state index contributed by atoms with van der Waals surface area (Å²) in [6.07, 6.45) is -2.10. The third-order valence-corrected chi connectivity index (χ3v) is 4.33. The van der Waals surface area contributed by atoms with Gasteiger partial charge in [0.2, 0.25) is 5.91 Å². The summed E-state index contributed by atoms with van der Waals surface area (Å²) in [4.78, 5) is 17.8. The van der Waals surface area contributed by atoms with Crippen LogP contribution in [0.3, 0.4) is 0 Å². The van der Waals surface area contributed by atoms with Gasteiger partial charge in [-0.2, -0.15) is 13.2 Å². The molecule has 1 N–H and O–H groups in total. The van der Waals surface area contributed by atoms with Gasteiger partial charge in [0.05, 0.1) is 24.1 Å². The van der Waals surface area contributed by atoms with Gasteiger partial charge in [0.15, 0.2) is 0 Å². The zero-order valence-electron chi connectivity index (χ0n) is 13.3. The second-order valence-electron chi connectivity index (χ2n) is 6.07. The molecule has 3 rings (SSSR count). The Morgan fingerprint density at radius 2 is 1.88 bits per heavy atom. The van der Waals surface area contributed by atoms with Gasteiger partial charge in [0.25, 0.3) is 0 Å². The predicted molar refractivity (Wildman–Crippen MR) is 84.5 cm³/mol. The number of aromatic nitrogens is 1. The molecule has 0 radical (unpaired) electrons. The molecule has 1 aliphatic rings. The SMILES string of the molecule is O=C(Cc1ccncc1)N1C[C@H](O)C[C@H]1c1ccccc1C(F)(F)F. The Balaban J connectivity index is 1.89. The van der Waals surface area contributed by atoms with E-state index >= 15 is 0 Å². The molecule has 2 aromatic rings. The first-order valence-corrected chi connectivity index (χ1v) is 7.89. The van der Waals surface area contributed by atoms with Crippen LogP contribution in [0.5, 0.6) is 0 Å². The Morgan fingerprint density at radius 3 is 2.56 bits per heavy atom. The van der Waals surface area contributed by atoms with Gasteiger partial charge in [-0.05, 0) is 35.7 Å². The number of alkyl halides is 3. The molecule has 132 valence electrons. The number of rotatable bonds is 3. The van der Waals surface area contributed by atoms with Crippen LogP contribution in [0.25, 0.3) is 0 Å². The van der Waals surface area contributed by atoms with Crippen LogP contribution in [0.1, 0.15) is 29.2 Å². The van der Waals surface area contributed by atoms with Crippen LogP contribution >= 0.6 is 0 Å². The molecule has 25 heavy (non-hydrogen) atoms. The standard InChI is InChI=1S/C18H17F3N2O2/c19-18(20,21)15-4-2-1-3-14(15)16-10-13(24)11-23(16)17(25)9-12-5-7-22-8-6-12/h1-8,13,16,24H,9-11H2/t13-,16+/m1/s1. The van der Waals surface area contributed by atoms with Crippen molar-refractivity contribution in [3.63, 3.8) is 0 Å². The lowest BCUT2D eigenvalue weighted by Gasteiger charge is -2.27. The van der Waals surface area contributed by atoms with E-state index in [4.69, 9.17) is 0 Å². The fraction of sp³-hybridized carbons (Fsp3) is 0.333. The number of amides is 1. The highest BCUT2D eigenvalue weighted by atomic mass is 19.4. The van der Waals surface area contributed by atoms with Gasteiger partial charge >= 0.3 is 6.18 Å². The molecule has 0 bridgehead atoms. The number of benzene rings is 1. The van der Waals surface area contributed by atoms with E-state index in [0.29, 0.717) is 0 Å². The fourth-order valence-electron chi connectivity index (χ4n) is 3.21. The summed E-state index contributed by atoms with van der Waals surface area (Å²) in [6, 6.07) is 7.79. The molecule has 4 nitrogen and oxygen atoms in total. The van der Waals surface area contributed by atoms with Gasteiger partial charge in [-0.1, -0.05) is 18.2 Å². The summed E-state index contributed by atoms with van der Waals surface area (Å²) >= 11 is 0. The Labute approximate surface area is 142 Å². The van der Waals surface area contributed by atoms with Crippen LogP contribution in [0.15, 0.2) is 48.8 Å².